The summed E-state index contributed by atoms with van der Waals surface area (Å²) in [5.74, 6) is -0.137. The van der Waals surface area contributed by atoms with E-state index in [0.29, 0.717) is 0 Å². The monoisotopic (exact) mass is 142 g/mol. The molecule has 1 unspecified atom stereocenters. The minimum absolute atomic E-state index is 0.0602. The lowest BCUT2D eigenvalue weighted by molar-refractivity contribution is -0.122. The zero-order chi connectivity index (χ0) is 6.85. The summed E-state index contributed by atoms with van der Waals surface area (Å²) in [6.45, 7) is 1.43. The van der Waals surface area contributed by atoms with E-state index in [1.165, 1.54) is 24.8 Å². The molecule has 0 aliphatic carbocycles. The van der Waals surface area contributed by atoms with Crippen molar-refractivity contribution in [2.45, 2.75) is 12.2 Å². The van der Waals surface area contributed by atoms with Gasteiger partial charge >= 0.3 is 0 Å². The Hall–Kier alpha value is -0.570. The average molecular weight is 142 g/mol. The Kier molecular flexibility index (Phi) is 1.71. The van der Waals surface area contributed by atoms with Crippen molar-refractivity contribution in [2.24, 2.45) is 0 Å². The van der Waals surface area contributed by atoms with Gasteiger partial charge in [0.25, 0.3) is 0 Å². The fourth-order valence-electron chi connectivity index (χ4n) is 0.636. The minimum atomic E-state index is -0.440. The van der Waals surface area contributed by atoms with Gasteiger partial charge in [-0.1, -0.05) is 0 Å². The predicted octanol–water partition coefficient (Wildman–Crippen LogP) is 0.774. The van der Waals surface area contributed by atoms with E-state index in [2.05, 4.69) is 0 Å². The summed E-state index contributed by atoms with van der Waals surface area (Å²) in [6, 6.07) is 0. The van der Waals surface area contributed by atoms with E-state index in [-0.39, 0.29) is 11.6 Å². The fourth-order valence-corrected chi connectivity index (χ4v) is 1.41. The topological polar surface area (TPSA) is 34.1 Å². The molecular weight excluding hydrogens is 136 g/mol. The molecule has 2 nitrogen and oxygen atoms in total. The third-order valence-electron chi connectivity index (χ3n) is 1.07. The van der Waals surface area contributed by atoms with Crippen LogP contribution in [-0.2, 0) is 9.59 Å². The van der Waals surface area contributed by atoms with Crippen LogP contribution in [0.3, 0.4) is 0 Å². The van der Waals surface area contributed by atoms with E-state index in [1.54, 1.807) is 5.41 Å². The molecule has 1 rings (SSSR count). The third-order valence-corrected chi connectivity index (χ3v) is 2.20. The van der Waals surface area contributed by atoms with Crippen molar-refractivity contribution in [1.29, 1.82) is 0 Å². The zero-order valence-electron chi connectivity index (χ0n) is 4.96. The first-order valence-electron chi connectivity index (χ1n) is 2.58. The first kappa shape index (κ1) is 6.55. The summed E-state index contributed by atoms with van der Waals surface area (Å²) in [6.07, 6.45) is 1.44. The van der Waals surface area contributed by atoms with Gasteiger partial charge in [-0.05, 0) is 18.4 Å². The molecule has 0 N–H and O–H groups in total. The van der Waals surface area contributed by atoms with E-state index in [4.69, 9.17) is 0 Å². The molecule has 1 atom stereocenters. The van der Waals surface area contributed by atoms with Gasteiger partial charge < -0.3 is 0 Å². The molecular formula is C6H6O2S. The van der Waals surface area contributed by atoms with E-state index < -0.39 is 5.25 Å². The van der Waals surface area contributed by atoms with E-state index in [0.717, 1.165) is 0 Å². The Morgan fingerprint density at radius 1 is 1.78 bits per heavy atom. The molecule has 0 aromatic carbocycles. The number of carbonyl (C=O) groups is 2. The lowest BCUT2D eigenvalue weighted by atomic mass is 10.2. The number of Topliss-reactive ketones (excluding diaryl/α,β-unsaturated/α-hetero) is 1. The van der Waals surface area contributed by atoms with Gasteiger partial charge in [0.05, 0.1) is 0 Å². The Morgan fingerprint density at radius 2 is 2.44 bits per heavy atom. The zero-order valence-corrected chi connectivity index (χ0v) is 5.77. The Labute approximate surface area is 57.3 Å². The second-order valence-corrected chi connectivity index (χ2v) is 2.85. The second kappa shape index (κ2) is 2.35. The molecule has 1 heterocycles. The van der Waals surface area contributed by atoms with Crippen LogP contribution in [0.1, 0.15) is 6.92 Å². The lowest BCUT2D eigenvalue weighted by Gasteiger charge is -1.97. The first-order chi connectivity index (χ1) is 4.22. The molecule has 0 aromatic heterocycles. The smallest absolute Gasteiger partial charge is 0.176 e. The van der Waals surface area contributed by atoms with Gasteiger partial charge in [-0.2, -0.15) is 0 Å². The first-order valence-corrected chi connectivity index (χ1v) is 3.52. The molecule has 0 spiro atoms. The van der Waals surface area contributed by atoms with Gasteiger partial charge in [0.1, 0.15) is 5.25 Å². The van der Waals surface area contributed by atoms with Gasteiger partial charge in [0.15, 0.2) is 11.6 Å². The highest BCUT2D eigenvalue weighted by Crippen LogP contribution is 2.21. The number of hydrogen-bond donors (Lipinski definition) is 0. The van der Waals surface area contributed by atoms with Crippen molar-refractivity contribution in [3.8, 4) is 0 Å². The van der Waals surface area contributed by atoms with Gasteiger partial charge in [-0.15, -0.1) is 11.8 Å². The van der Waals surface area contributed by atoms with E-state index in [9.17, 15) is 9.59 Å². The number of allylic oxidation sites excluding steroid dienone is 1. The highest BCUT2D eigenvalue weighted by atomic mass is 32.2. The summed E-state index contributed by atoms with van der Waals surface area (Å²) in [5, 5.41) is 1.22. The van der Waals surface area contributed by atoms with Crippen LogP contribution in [0, 0.1) is 0 Å². The van der Waals surface area contributed by atoms with E-state index >= 15 is 0 Å². The Bertz CT molecular complexity index is 183. The van der Waals surface area contributed by atoms with Crippen LogP contribution in [0.25, 0.3) is 0 Å². The summed E-state index contributed by atoms with van der Waals surface area (Å²) in [4.78, 5) is 21.3. The highest BCUT2D eigenvalue weighted by molar-refractivity contribution is 8.04. The normalized spacial score (nSPS) is 25.0. The van der Waals surface area contributed by atoms with Gasteiger partial charge in [0.2, 0.25) is 0 Å². The molecule has 0 aromatic rings. The van der Waals surface area contributed by atoms with Crippen molar-refractivity contribution in [3.63, 3.8) is 0 Å². The van der Waals surface area contributed by atoms with Crippen LogP contribution >= 0.6 is 11.8 Å². The summed E-state index contributed by atoms with van der Waals surface area (Å²) in [5.41, 5.74) is 0. The summed E-state index contributed by atoms with van der Waals surface area (Å²) < 4.78 is 0. The van der Waals surface area contributed by atoms with Crippen molar-refractivity contribution < 1.29 is 9.59 Å². The minimum Gasteiger partial charge on any atom is -0.298 e. The van der Waals surface area contributed by atoms with Gasteiger partial charge in [-0.3, -0.25) is 9.59 Å². The molecule has 48 valence electrons. The third kappa shape index (κ3) is 1.21. The summed E-state index contributed by atoms with van der Waals surface area (Å²) >= 11 is 1.28. The number of ketones is 2. The van der Waals surface area contributed by atoms with E-state index in [1.807, 2.05) is 0 Å². The van der Waals surface area contributed by atoms with Crippen LogP contribution in [0.15, 0.2) is 11.5 Å². The maximum Gasteiger partial charge on any atom is 0.176 e. The number of hydrogen-bond acceptors (Lipinski definition) is 3. The SMILES string of the molecule is CC(=O)C1SC=CC1=O. The van der Waals surface area contributed by atoms with Crippen molar-refractivity contribution in [2.75, 3.05) is 0 Å². The van der Waals surface area contributed by atoms with Crippen molar-refractivity contribution >= 4 is 23.3 Å². The fraction of sp³-hybridized carbons (Fsp3) is 0.333. The standard InChI is InChI=1S/C6H6O2S/c1-4(7)6-5(8)2-3-9-6/h2-3,6H,1H3. The van der Waals surface area contributed by atoms with Gasteiger partial charge in [-0.25, -0.2) is 0 Å². The molecule has 0 radical (unpaired) electrons. The Balaban J connectivity index is 2.66. The molecule has 0 saturated carbocycles. The maximum absolute atomic E-state index is 10.7. The second-order valence-electron chi connectivity index (χ2n) is 1.83. The largest absolute Gasteiger partial charge is 0.298 e. The summed E-state index contributed by atoms with van der Waals surface area (Å²) in [7, 11) is 0. The van der Waals surface area contributed by atoms with Crippen molar-refractivity contribution in [1.82, 2.24) is 0 Å². The molecule has 9 heavy (non-hydrogen) atoms. The molecule has 0 amide bonds. The predicted molar refractivity (Wildman–Crippen MR) is 36.2 cm³/mol. The maximum atomic E-state index is 10.7. The lowest BCUT2D eigenvalue weighted by Crippen LogP contribution is -2.18. The molecule has 1 aliphatic rings. The van der Waals surface area contributed by atoms with Crippen LogP contribution in [0.5, 0.6) is 0 Å². The highest BCUT2D eigenvalue weighted by Gasteiger charge is 2.24. The number of thioether (sulfide) groups is 1. The number of carbonyl (C=O) groups excluding carboxylic acids is 2. The molecule has 1 aliphatic heterocycles. The molecule has 3 heteroatoms. The molecule has 0 bridgehead atoms. The molecule has 0 fully saturated rings. The van der Waals surface area contributed by atoms with Gasteiger partial charge in [0, 0.05) is 0 Å². The Morgan fingerprint density at radius 3 is 2.67 bits per heavy atom. The quantitative estimate of drug-likeness (QED) is 0.507. The van der Waals surface area contributed by atoms with Crippen LogP contribution in [0.4, 0.5) is 0 Å². The number of rotatable bonds is 1. The average Bonchev–Trinajstić information content (AvgIpc) is 2.13. The van der Waals surface area contributed by atoms with Crippen LogP contribution < -0.4 is 0 Å². The van der Waals surface area contributed by atoms with Crippen LogP contribution in [-0.4, -0.2) is 16.8 Å². The molecule has 0 saturated heterocycles. The van der Waals surface area contributed by atoms with Crippen molar-refractivity contribution in [3.05, 3.63) is 11.5 Å². The van der Waals surface area contributed by atoms with Crippen LogP contribution in [0.2, 0.25) is 0 Å².